The summed E-state index contributed by atoms with van der Waals surface area (Å²) in [7, 11) is 0. The maximum absolute atomic E-state index is 12.0. The van der Waals surface area contributed by atoms with Crippen molar-refractivity contribution in [2.45, 2.75) is 6.36 Å². The van der Waals surface area contributed by atoms with Gasteiger partial charge in [-0.05, 0) is 12.1 Å². The van der Waals surface area contributed by atoms with E-state index in [-0.39, 0.29) is 17.4 Å². The van der Waals surface area contributed by atoms with Gasteiger partial charge in [0.2, 0.25) is 5.75 Å². The molecule has 0 heterocycles. The molecule has 19 heavy (non-hydrogen) atoms. The molecule has 10 heteroatoms. The summed E-state index contributed by atoms with van der Waals surface area (Å²) >= 11 is 5.36. The number of amidine groups is 1. The average Bonchev–Trinajstić information content (AvgIpc) is 2.28. The van der Waals surface area contributed by atoms with Gasteiger partial charge in [-0.1, -0.05) is 0 Å². The summed E-state index contributed by atoms with van der Waals surface area (Å²) < 4.78 is 39.7. The predicted octanol–water partition coefficient (Wildman–Crippen LogP) is 2.72. The molecule has 0 fully saturated rings. The van der Waals surface area contributed by atoms with E-state index in [0.717, 1.165) is 18.2 Å². The normalized spacial score (nSPS) is 12.3. The number of rotatable bonds is 4. The molecule has 0 amide bonds. The number of nitro benzene ring substituents is 1. The monoisotopic (exact) mass is 297 g/mol. The smallest absolute Gasteiger partial charge is 0.398 e. The molecule has 0 saturated heterocycles. The summed E-state index contributed by atoms with van der Waals surface area (Å²) in [6.45, 7) is 0. The van der Waals surface area contributed by atoms with Gasteiger partial charge in [0.25, 0.3) is 0 Å². The highest BCUT2D eigenvalue weighted by Crippen LogP contribution is 2.34. The number of hydrogen-bond donors (Lipinski definition) is 1. The minimum absolute atomic E-state index is 0.000579. The lowest BCUT2D eigenvalue weighted by molar-refractivity contribution is -0.388. The van der Waals surface area contributed by atoms with E-state index >= 15 is 0 Å². The van der Waals surface area contributed by atoms with Gasteiger partial charge in [0.05, 0.1) is 16.5 Å². The van der Waals surface area contributed by atoms with Crippen molar-refractivity contribution in [3.63, 3.8) is 0 Å². The van der Waals surface area contributed by atoms with Gasteiger partial charge in [-0.2, -0.15) is 0 Å². The van der Waals surface area contributed by atoms with Crippen LogP contribution in [0.1, 0.15) is 0 Å². The molecule has 0 aliphatic heterocycles. The lowest BCUT2D eigenvalue weighted by Crippen LogP contribution is -2.18. The second kappa shape index (κ2) is 5.74. The van der Waals surface area contributed by atoms with Crippen molar-refractivity contribution >= 4 is 28.8 Å². The van der Waals surface area contributed by atoms with Crippen LogP contribution in [0.4, 0.5) is 24.5 Å². The van der Waals surface area contributed by atoms with Gasteiger partial charge in [-0.15, -0.1) is 24.8 Å². The van der Waals surface area contributed by atoms with Crippen molar-refractivity contribution in [2.75, 3.05) is 5.88 Å². The van der Waals surface area contributed by atoms with Crippen LogP contribution in [0.5, 0.6) is 5.75 Å². The first-order valence-electron chi connectivity index (χ1n) is 4.66. The molecule has 104 valence electrons. The molecule has 1 aromatic rings. The Labute approximate surface area is 109 Å². The van der Waals surface area contributed by atoms with Crippen LogP contribution < -0.4 is 10.5 Å². The van der Waals surface area contributed by atoms with E-state index in [0.29, 0.717) is 0 Å². The molecule has 1 rings (SSSR count). The minimum atomic E-state index is -5.02. The van der Waals surface area contributed by atoms with Crippen LogP contribution in [0.3, 0.4) is 0 Å². The third kappa shape index (κ3) is 4.62. The van der Waals surface area contributed by atoms with E-state index in [1.807, 2.05) is 0 Å². The number of benzene rings is 1. The van der Waals surface area contributed by atoms with Crippen LogP contribution in [0.15, 0.2) is 23.2 Å². The molecule has 0 radical (unpaired) electrons. The lowest BCUT2D eigenvalue weighted by Gasteiger charge is -2.09. The molecule has 6 nitrogen and oxygen atoms in total. The van der Waals surface area contributed by atoms with Crippen molar-refractivity contribution in [3.8, 4) is 5.75 Å². The second-order valence-electron chi connectivity index (χ2n) is 3.19. The molecule has 0 unspecified atom stereocenters. The van der Waals surface area contributed by atoms with Gasteiger partial charge in [-0.3, -0.25) is 10.1 Å². The average molecular weight is 298 g/mol. The lowest BCUT2D eigenvalue weighted by atomic mass is 10.2. The maximum Gasteiger partial charge on any atom is 0.573 e. The van der Waals surface area contributed by atoms with Gasteiger partial charge in [-0.25, -0.2) is 4.99 Å². The SMILES string of the molecule is NC(CCl)=Nc1ccc(OC(F)(F)F)c([N+](=O)[O-])c1. The van der Waals surface area contributed by atoms with E-state index in [2.05, 4.69) is 9.73 Å². The molecular formula is C9H7ClF3N3O3. The number of hydrogen-bond acceptors (Lipinski definition) is 4. The standard InChI is InChI=1S/C9H7ClF3N3O3/c10-4-8(14)15-5-1-2-7(19-9(11,12)13)6(3-5)16(17)18/h1-3H,4H2,(H2,14,15). The third-order valence-electron chi connectivity index (χ3n) is 1.77. The summed E-state index contributed by atoms with van der Waals surface area (Å²) in [5.41, 5.74) is 4.43. The Kier molecular flexibility index (Phi) is 4.54. The number of aliphatic imine (C=N–C) groups is 1. The first-order chi connectivity index (χ1) is 8.73. The van der Waals surface area contributed by atoms with E-state index in [4.69, 9.17) is 17.3 Å². The highest BCUT2D eigenvalue weighted by atomic mass is 35.5. The van der Waals surface area contributed by atoms with Crippen LogP contribution in [0.2, 0.25) is 0 Å². The van der Waals surface area contributed by atoms with Crippen LogP contribution >= 0.6 is 11.6 Å². The molecule has 0 bridgehead atoms. The quantitative estimate of drug-likeness (QED) is 0.304. The van der Waals surface area contributed by atoms with Crippen molar-refractivity contribution < 1.29 is 22.8 Å². The van der Waals surface area contributed by atoms with E-state index < -0.39 is 22.7 Å². The van der Waals surface area contributed by atoms with Crippen molar-refractivity contribution in [2.24, 2.45) is 10.7 Å². The molecule has 0 aliphatic rings. The fraction of sp³-hybridized carbons (Fsp3) is 0.222. The van der Waals surface area contributed by atoms with Gasteiger partial charge < -0.3 is 10.5 Å². The third-order valence-corrected chi connectivity index (χ3v) is 2.05. The fourth-order valence-electron chi connectivity index (χ4n) is 1.12. The molecular weight excluding hydrogens is 291 g/mol. The Balaban J connectivity index is 3.19. The number of nitrogens with two attached hydrogens (primary N) is 1. The molecule has 0 aliphatic carbocycles. The van der Waals surface area contributed by atoms with Gasteiger partial charge in [0.15, 0.2) is 0 Å². The minimum Gasteiger partial charge on any atom is -0.398 e. The van der Waals surface area contributed by atoms with Gasteiger partial charge >= 0.3 is 12.0 Å². The summed E-state index contributed by atoms with van der Waals surface area (Å²) in [5.74, 6) is -1.07. The first kappa shape index (κ1) is 15.0. The zero-order chi connectivity index (χ0) is 14.6. The summed E-state index contributed by atoms with van der Waals surface area (Å²) in [4.78, 5) is 13.3. The summed E-state index contributed by atoms with van der Waals surface area (Å²) in [6, 6.07) is 2.68. The molecule has 0 atom stereocenters. The largest absolute Gasteiger partial charge is 0.573 e. The Morgan fingerprint density at radius 1 is 1.53 bits per heavy atom. The molecule has 0 spiro atoms. The number of halogens is 4. The first-order valence-corrected chi connectivity index (χ1v) is 5.19. The Bertz CT molecular complexity index is 519. The van der Waals surface area contributed by atoms with Crippen LogP contribution in [0, 0.1) is 10.1 Å². The van der Waals surface area contributed by atoms with Gasteiger partial charge in [0.1, 0.15) is 5.84 Å². The zero-order valence-electron chi connectivity index (χ0n) is 9.15. The summed E-state index contributed by atoms with van der Waals surface area (Å²) in [5, 5.41) is 10.7. The molecule has 1 aromatic carbocycles. The Morgan fingerprint density at radius 2 is 2.16 bits per heavy atom. The summed E-state index contributed by atoms with van der Waals surface area (Å²) in [6.07, 6.45) is -5.02. The predicted molar refractivity (Wildman–Crippen MR) is 61.8 cm³/mol. The Morgan fingerprint density at radius 3 is 2.63 bits per heavy atom. The van der Waals surface area contributed by atoms with Crippen LogP contribution in [0.25, 0.3) is 0 Å². The molecule has 0 aromatic heterocycles. The molecule has 0 saturated carbocycles. The van der Waals surface area contributed by atoms with Crippen LogP contribution in [-0.2, 0) is 0 Å². The van der Waals surface area contributed by atoms with Crippen molar-refractivity contribution in [1.82, 2.24) is 0 Å². The number of nitro groups is 1. The molecule has 2 N–H and O–H groups in total. The van der Waals surface area contributed by atoms with E-state index in [1.54, 1.807) is 0 Å². The second-order valence-corrected chi connectivity index (χ2v) is 3.46. The number of nitrogens with zero attached hydrogens (tertiary/aromatic N) is 2. The van der Waals surface area contributed by atoms with Crippen molar-refractivity contribution in [1.29, 1.82) is 0 Å². The maximum atomic E-state index is 12.0. The number of alkyl halides is 4. The Hall–Kier alpha value is -2.03. The van der Waals surface area contributed by atoms with Crippen molar-refractivity contribution in [3.05, 3.63) is 28.3 Å². The van der Waals surface area contributed by atoms with Gasteiger partial charge in [0, 0.05) is 6.07 Å². The topological polar surface area (TPSA) is 90.8 Å². The van der Waals surface area contributed by atoms with E-state index in [1.165, 1.54) is 0 Å². The fourth-order valence-corrected chi connectivity index (χ4v) is 1.18. The zero-order valence-corrected chi connectivity index (χ0v) is 9.90. The highest BCUT2D eigenvalue weighted by molar-refractivity contribution is 6.28. The highest BCUT2D eigenvalue weighted by Gasteiger charge is 2.34. The van der Waals surface area contributed by atoms with Crippen LogP contribution in [-0.4, -0.2) is 23.0 Å². The number of ether oxygens (including phenoxy) is 1. The van der Waals surface area contributed by atoms with E-state index in [9.17, 15) is 23.3 Å².